The number of hydrogen-bond donors (Lipinski definition) is 5. The summed E-state index contributed by atoms with van der Waals surface area (Å²) >= 11 is 0. The Morgan fingerprint density at radius 3 is 2.41 bits per heavy atom. The lowest BCUT2D eigenvalue weighted by Crippen LogP contribution is -2.69. The van der Waals surface area contributed by atoms with Gasteiger partial charge in [0.25, 0.3) is 0 Å². The molecule has 6 aliphatic rings. The van der Waals surface area contributed by atoms with Gasteiger partial charge in [-0.15, -0.1) is 0 Å². The Bertz CT molecular complexity index is 1050. The van der Waals surface area contributed by atoms with Crippen LogP contribution in [0.15, 0.2) is 11.6 Å². The third-order valence-corrected chi connectivity index (χ3v) is 12.0. The number of hydrogen-bond acceptors (Lipinski definition) is 10. The highest BCUT2D eigenvalue weighted by Gasteiger charge is 2.71. The van der Waals surface area contributed by atoms with Gasteiger partial charge in [-0.2, -0.15) is 0 Å². The molecular weight excluding hydrogens is 508 g/mol. The van der Waals surface area contributed by atoms with Crippen molar-refractivity contribution in [1.29, 1.82) is 0 Å². The molecule has 0 aromatic heterocycles. The minimum Gasteiger partial charge on any atom is -0.458 e. The lowest BCUT2D eigenvalue weighted by Gasteiger charge is -2.65. The average Bonchev–Trinajstić information content (AvgIpc) is 3.45. The fraction of sp³-hybridized carbons (Fsp3) is 0.862. The summed E-state index contributed by atoms with van der Waals surface area (Å²) in [4.78, 5) is 24.8. The largest absolute Gasteiger partial charge is 0.458 e. The molecule has 2 heterocycles. The second kappa shape index (κ2) is 9.31. The fourth-order valence-electron chi connectivity index (χ4n) is 9.75. The second-order valence-electron chi connectivity index (χ2n) is 13.4. The average molecular weight is 551 g/mol. The number of esters is 1. The van der Waals surface area contributed by atoms with Crippen LogP contribution in [0.2, 0.25) is 0 Å². The van der Waals surface area contributed by atoms with Crippen LogP contribution in [0.3, 0.4) is 0 Å². The Kier molecular flexibility index (Phi) is 6.62. The van der Waals surface area contributed by atoms with Gasteiger partial charge in [-0.05, 0) is 81.6 Å². The molecule has 5 N–H and O–H groups in total. The Morgan fingerprint density at radius 2 is 1.72 bits per heavy atom. The van der Waals surface area contributed by atoms with E-state index in [0.717, 1.165) is 18.3 Å². The molecule has 2 aliphatic heterocycles. The Morgan fingerprint density at radius 1 is 0.974 bits per heavy atom. The minimum atomic E-state index is -1.43. The van der Waals surface area contributed by atoms with Crippen LogP contribution in [0.1, 0.15) is 71.6 Å². The van der Waals surface area contributed by atoms with E-state index in [4.69, 9.17) is 14.2 Å². The SMILES string of the molecule is C[C@H]1O[C@@H](O[C@H]2CC[C@]3(C=O)[C@H]4CC[C@]5(C)[C@@H](C6=CC(=O)OC6)CC[C@]5(O)[C@@H]4CC[C@]3(O)C2)[C@H](O)[C@@H](O)[C@H]1O. The molecule has 0 unspecified atom stereocenters. The first-order valence-corrected chi connectivity index (χ1v) is 14.5. The highest BCUT2D eigenvalue weighted by molar-refractivity contribution is 5.85. The lowest BCUT2D eigenvalue weighted by molar-refractivity contribution is -0.317. The predicted octanol–water partition coefficient (Wildman–Crippen LogP) is 0.750. The zero-order chi connectivity index (χ0) is 28.0. The van der Waals surface area contributed by atoms with Crippen molar-refractivity contribution in [3.63, 3.8) is 0 Å². The molecule has 4 aliphatic carbocycles. The maximum atomic E-state index is 13.0. The molecular formula is C29H42O10. The molecule has 0 aromatic rings. The summed E-state index contributed by atoms with van der Waals surface area (Å²) < 4.78 is 16.9. The summed E-state index contributed by atoms with van der Waals surface area (Å²) in [5.74, 6) is -0.616. The molecule has 10 nitrogen and oxygen atoms in total. The van der Waals surface area contributed by atoms with Crippen LogP contribution >= 0.6 is 0 Å². The highest BCUT2D eigenvalue weighted by Crippen LogP contribution is 2.70. The lowest BCUT2D eigenvalue weighted by atomic mass is 9.41. The van der Waals surface area contributed by atoms with E-state index in [-0.39, 0.29) is 36.8 Å². The standard InChI is InChI=1S/C29H42O10/c1-15-22(32)23(33)24(34)25(38-15)39-17-3-8-27(14-30)19-4-7-26(2)18(16-11-21(31)37-13-16)6-10-29(26,36)20(19)5-9-28(27,35)12-17/h11,14-15,17-20,22-25,32-36H,3-10,12-13H2,1-2H3/t15-,17+,18-,19+,20-,22+,23+,24-,25+,26-,27+,28+,29+/m1/s1. The van der Waals surface area contributed by atoms with Gasteiger partial charge in [0.05, 0.1) is 28.8 Å². The quantitative estimate of drug-likeness (QED) is 0.192. The number of aliphatic hydroxyl groups is 5. The van der Waals surface area contributed by atoms with E-state index in [1.165, 1.54) is 0 Å². The van der Waals surface area contributed by atoms with Gasteiger partial charge in [-0.1, -0.05) is 6.92 Å². The number of carbonyl (C=O) groups excluding carboxylic acids is 2. The Labute approximate surface area is 228 Å². The van der Waals surface area contributed by atoms with Gasteiger partial charge in [0, 0.05) is 17.9 Å². The maximum Gasteiger partial charge on any atom is 0.331 e. The number of fused-ring (bicyclic) bond motifs is 5. The molecule has 39 heavy (non-hydrogen) atoms. The van der Waals surface area contributed by atoms with Crippen molar-refractivity contribution in [2.45, 2.75) is 120 Å². The zero-order valence-electron chi connectivity index (χ0n) is 22.7. The smallest absolute Gasteiger partial charge is 0.331 e. The molecule has 218 valence electrons. The maximum absolute atomic E-state index is 13.0. The minimum absolute atomic E-state index is 0.0465. The molecule has 5 fully saturated rings. The summed E-state index contributed by atoms with van der Waals surface area (Å²) in [5.41, 5.74) is -2.86. The van der Waals surface area contributed by atoms with Crippen molar-refractivity contribution < 1.29 is 49.3 Å². The topological polar surface area (TPSA) is 163 Å². The van der Waals surface area contributed by atoms with Crippen molar-refractivity contribution in [3.05, 3.63) is 11.6 Å². The van der Waals surface area contributed by atoms with Gasteiger partial charge in [-0.25, -0.2) is 4.79 Å². The van der Waals surface area contributed by atoms with Crippen LogP contribution in [0.25, 0.3) is 0 Å². The number of aliphatic hydroxyl groups excluding tert-OH is 3. The van der Waals surface area contributed by atoms with E-state index < -0.39 is 58.8 Å². The molecule has 13 atom stereocenters. The molecule has 0 aromatic carbocycles. The number of carbonyl (C=O) groups is 2. The van der Waals surface area contributed by atoms with E-state index in [1.807, 2.05) is 0 Å². The number of ether oxygens (including phenoxy) is 3. The molecule has 0 amide bonds. The van der Waals surface area contributed by atoms with Crippen LogP contribution < -0.4 is 0 Å². The van der Waals surface area contributed by atoms with Gasteiger partial charge in [0.2, 0.25) is 0 Å². The zero-order valence-corrected chi connectivity index (χ0v) is 22.7. The van der Waals surface area contributed by atoms with Crippen LogP contribution in [-0.4, -0.2) is 92.4 Å². The Balaban J connectivity index is 1.22. The normalized spacial score (nSPS) is 55.2. The third kappa shape index (κ3) is 3.78. The predicted molar refractivity (Wildman–Crippen MR) is 135 cm³/mol. The van der Waals surface area contributed by atoms with Gasteiger partial charge in [-0.3, -0.25) is 0 Å². The van der Waals surface area contributed by atoms with Gasteiger partial charge >= 0.3 is 5.97 Å². The molecule has 0 bridgehead atoms. The number of rotatable bonds is 4. The molecule has 4 saturated carbocycles. The van der Waals surface area contributed by atoms with E-state index in [2.05, 4.69) is 6.92 Å². The number of aldehydes is 1. The van der Waals surface area contributed by atoms with Crippen LogP contribution in [0.5, 0.6) is 0 Å². The molecule has 10 heteroatoms. The van der Waals surface area contributed by atoms with Gasteiger partial charge in [0.1, 0.15) is 31.2 Å². The summed E-state index contributed by atoms with van der Waals surface area (Å²) in [7, 11) is 0. The first-order chi connectivity index (χ1) is 18.4. The monoisotopic (exact) mass is 550 g/mol. The summed E-state index contributed by atoms with van der Waals surface area (Å²) in [5, 5.41) is 55.0. The first-order valence-electron chi connectivity index (χ1n) is 14.5. The van der Waals surface area contributed by atoms with Crippen molar-refractivity contribution >= 4 is 12.3 Å². The molecule has 6 rings (SSSR count). The molecule has 1 saturated heterocycles. The summed E-state index contributed by atoms with van der Waals surface area (Å²) in [6, 6.07) is 0. The van der Waals surface area contributed by atoms with E-state index in [0.29, 0.717) is 44.9 Å². The fourth-order valence-corrected chi connectivity index (χ4v) is 9.75. The number of cyclic esters (lactones) is 1. The molecule has 0 radical (unpaired) electrons. The highest BCUT2D eigenvalue weighted by atomic mass is 16.7. The second-order valence-corrected chi connectivity index (χ2v) is 13.4. The summed E-state index contributed by atoms with van der Waals surface area (Å²) in [6.45, 7) is 3.98. The van der Waals surface area contributed by atoms with Crippen molar-refractivity contribution in [3.8, 4) is 0 Å². The first kappa shape index (κ1) is 27.8. The van der Waals surface area contributed by atoms with Gasteiger partial charge in [0.15, 0.2) is 6.29 Å². The van der Waals surface area contributed by atoms with E-state index in [1.54, 1.807) is 13.0 Å². The van der Waals surface area contributed by atoms with Crippen LogP contribution in [0.4, 0.5) is 0 Å². The molecule has 0 spiro atoms. The van der Waals surface area contributed by atoms with Crippen molar-refractivity contribution in [1.82, 2.24) is 0 Å². The third-order valence-electron chi connectivity index (χ3n) is 12.0. The van der Waals surface area contributed by atoms with E-state index >= 15 is 0 Å². The summed E-state index contributed by atoms with van der Waals surface area (Å²) in [6.07, 6.45) is 0.689. The van der Waals surface area contributed by atoms with Crippen molar-refractivity contribution in [2.75, 3.05) is 6.61 Å². The van der Waals surface area contributed by atoms with Crippen LogP contribution in [0, 0.1) is 28.6 Å². The van der Waals surface area contributed by atoms with Crippen LogP contribution in [-0.2, 0) is 23.8 Å². The van der Waals surface area contributed by atoms with Gasteiger partial charge < -0.3 is 44.5 Å². The Hall–Kier alpha value is -1.40. The van der Waals surface area contributed by atoms with E-state index in [9.17, 15) is 35.1 Å². The van der Waals surface area contributed by atoms with Crippen molar-refractivity contribution in [2.24, 2.45) is 28.6 Å².